The van der Waals surface area contributed by atoms with Gasteiger partial charge in [-0.25, -0.2) is 4.79 Å². The fraction of sp³-hybridized carbons (Fsp3) is 0.188. The van der Waals surface area contributed by atoms with Crippen LogP contribution in [0.3, 0.4) is 0 Å². The van der Waals surface area contributed by atoms with Crippen LogP contribution < -0.4 is 5.56 Å². The highest BCUT2D eigenvalue weighted by Crippen LogP contribution is 2.21. The largest absolute Gasteiger partial charge is 0.465 e. The molecular weight excluding hydrogens is 282 g/mol. The summed E-state index contributed by atoms with van der Waals surface area (Å²) >= 11 is 0. The lowest BCUT2D eigenvalue weighted by atomic mass is 10.0. The molecule has 0 atom stereocenters. The molecule has 0 radical (unpaired) electrons. The Bertz CT molecular complexity index is 834. The van der Waals surface area contributed by atoms with Crippen molar-refractivity contribution < 1.29 is 9.90 Å². The standard InChI is InChI=1S/C16H13N3O3/c17-9-11-8-12-10-18(16(21)22)7-6-14(12)19(15(11)20)13-4-2-1-3-5-13/h1-5,8H,6-7,10H2,(H,21,22). The van der Waals surface area contributed by atoms with Crippen LogP contribution in [0.25, 0.3) is 5.69 Å². The number of para-hydroxylation sites is 1. The van der Waals surface area contributed by atoms with E-state index in [0.717, 1.165) is 5.69 Å². The minimum absolute atomic E-state index is 0.0230. The van der Waals surface area contributed by atoms with Gasteiger partial charge in [0.2, 0.25) is 0 Å². The van der Waals surface area contributed by atoms with Crippen molar-refractivity contribution in [2.75, 3.05) is 6.54 Å². The number of carbonyl (C=O) groups is 1. The minimum Gasteiger partial charge on any atom is -0.465 e. The third kappa shape index (κ3) is 2.23. The summed E-state index contributed by atoms with van der Waals surface area (Å²) in [6.07, 6.45) is -0.557. The van der Waals surface area contributed by atoms with Gasteiger partial charge >= 0.3 is 6.09 Å². The van der Waals surface area contributed by atoms with Crippen LogP contribution >= 0.6 is 0 Å². The van der Waals surface area contributed by atoms with E-state index in [4.69, 9.17) is 5.11 Å². The van der Waals surface area contributed by atoms with Crippen LogP contribution in [-0.2, 0) is 13.0 Å². The molecule has 1 aromatic carbocycles. The number of hydrogen-bond acceptors (Lipinski definition) is 3. The smallest absolute Gasteiger partial charge is 0.407 e. The summed E-state index contributed by atoms with van der Waals surface area (Å²) in [5.41, 5.74) is 1.82. The quantitative estimate of drug-likeness (QED) is 0.868. The summed E-state index contributed by atoms with van der Waals surface area (Å²) < 4.78 is 1.52. The first-order valence-corrected chi connectivity index (χ1v) is 6.83. The Morgan fingerprint density at radius 3 is 2.64 bits per heavy atom. The lowest BCUT2D eigenvalue weighted by Gasteiger charge is -2.28. The third-order valence-corrected chi connectivity index (χ3v) is 3.78. The summed E-state index contributed by atoms with van der Waals surface area (Å²) in [4.78, 5) is 24.9. The van der Waals surface area contributed by atoms with Crippen molar-refractivity contribution in [2.45, 2.75) is 13.0 Å². The molecule has 3 rings (SSSR count). The minimum atomic E-state index is -0.999. The number of nitrogens with zero attached hydrogens (tertiary/aromatic N) is 3. The van der Waals surface area contributed by atoms with Crippen molar-refractivity contribution in [3.05, 3.63) is 63.6 Å². The predicted octanol–water partition coefficient (Wildman–Crippen LogP) is 1.75. The van der Waals surface area contributed by atoms with Crippen molar-refractivity contribution in [2.24, 2.45) is 0 Å². The highest BCUT2D eigenvalue weighted by Gasteiger charge is 2.24. The van der Waals surface area contributed by atoms with Gasteiger partial charge in [-0.15, -0.1) is 0 Å². The van der Waals surface area contributed by atoms with Gasteiger partial charge in [-0.1, -0.05) is 18.2 Å². The monoisotopic (exact) mass is 295 g/mol. The molecule has 1 aliphatic rings. The van der Waals surface area contributed by atoms with Crippen LogP contribution in [0.4, 0.5) is 4.79 Å². The lowest BCUT2D eigenvalue weighted by molar-refractivity contribution is 0.139. The Kier molecular flexibility index (Phi) is 3.39. The molecule has 0 aliphatic carbocycles. The average Bonchev–Trinajstić information content (AvgIpc) is 2.54. The molecule has 1 aliphatic heterocycles. The van der Waals surface area contributed by atoms with Crippen LogP contribution in [0.1, 0.15) is 16.8 Å². The Morgan fingerprint density at radius 1 is 1.27 bits per heavy atom. The molecule has 22 heavy (non-hydrogen) atoms. The molecule has 2 aromatic rings. The molecule has 0 saturated carbocycles. The molecule has 0 unspecified atom stereocenters. The van der Waals surface area contributed by atoms with E-state index < -0.39 is 6.09 Å². The molecule has 6 nitrogen and oxygen atoms in total. The lowest BCUT2D eigenvalue weighted by Crippen LogP contribution is -2.38. The summed E-state index contributed by atoms with van der Waals surface area (Å²) in [5.74, 6) is 0. The predicted molar refractivity (Wildman–Crippen MR) is 78.9 cm³/mol. The third-order valence-electron chi connectivity index (χ3n) is 3.78. The van der Waals surface area contributed by atoms with Gasteiger partial charge in [-0.2, -0.15) is 5.26 Å². The molecule has 0 bridgehead atoms. The Morgan fingerprint density at radius 2 is 2.00 bits per heavy atom. The Balaban J connectivity index is 2.23. The van der Waals surface area contributed by atoms with Crippen molar-refractivity contribution >= 4 is 6.09 Å². The fourth-order valence-corrected chi connectivity index (χ4v) is 2.73. The van der Waals surface area contributed by atoms with Crippen LogP contribution in [-0.4, -0.2) is 27.2 Å². The van der Waals surface area contributed by atoms with E-state index in [-0.39, 0.29) is 17.7 Å². The van der Waals surface area contributed by atoms with E-state index in [1.54, 1.807) is 12.1 Å². The highest BCUT2D eigenvalue weighted by atomic mass is 16.4. The number of fused-ring (bicyclic) bond motifs is 1. The van der Waals surface area contributed by atoms with Crippen molar-refractivity contribution in [1.82, 2.24) is 9.47 Å². The zero-order valence-electron chi connectivity index (χ0n) is 11.7. The number of carboxylic acid groups (broad SMARTS) is 1. The SMILES string of the molecule is N#Cc1cc2c(n(-c3ccccc3)c1=O)CCN(C(=O)O)C2. The summed E-state index contributed by atoms with van der Waals surface area (Å²) in [6.45, 7) is 0.521. The van der Waals surface area contributed by atoms with E-state index in [9.17, 15) is 14.9 Å². The topological polar surface area (TPSA) is 86.3 Å². The second kappa shape index (κ2) is 5.37. The van der Waals surface area contributed by atoms with Gasteiger partial charge < -0.3 is 10.0 Å². The number of aromatic nitrogens is 1. The summed E-state index contributed by atoms with van der Waals surface area (Å²) in [5, 5.41) is 18.3. The summed E-state index contributed by atoms with van der Waals surface area (Å²) in [7, 11) is 0. The average molecular weight is 295 g/mol. The van der Waals surface area contributed by atoms with Crippen LogP contribution in [0.2, 0.25) is 0 Å². The second-order valence-corrected chi connectivity index (χ2v) is 5.07. The molecule has 0 saturated heterocycles. The first-order valence-electron chi connectivity index (χ1n) is 6.83. The van der Waals surface area contributed by atoms with Gasteiger partial charge in [0.25, 0.3) is 5.56 Å². The van der Waals surface area contributed by atoms with E-state index in [1.807, 2.05) is 24.3 Å². The molecule has 0 spiro atoms. The van der Waals surface area contributed by atoms with Gasteiger partial charge in [0.15, 0.2) is 0 Å². The van der Waals surface area contributed by atoms with Crippen molar-refractivity contribution in [3.8, 4) is 11.8 Å². The van der Waals surface area contributed by atoms with Crippen molar-refractivity contribution in [1.29, 1.82) is 5.26 Å². The normalized spacial score (nSPS) is 13.3. The molecule has 110 valence electrons. The maximum absolute atomic E-state index is 12.5. The number of pyridine rings is 1. The number of amides is 1. The molecule has 1 amide bonds. The van der Waals surface area contributed by atoms with E-state index >= 15 is 0 Å². The number of benzene rings is 1. The molecule has 0 fully saturated rings. The zero-order chi connectivity index (χ0) is 15.7. The Hall–Kier alpha value is -3.07. The van der Waals surface area contributed by atoms with E-state index in [0.29, 0.717) is 24.2 Å². The van der Waals surface area contributed by atoms with Crippen molar-refractivity contribution in [3.63, 3.8) is 0 Å². The van der Waals surface area contributed by atoms with Crippen LogP contribution in [0, 0.1) is 11.3 Å². The maximum atomic E-state index is 12.5. The molecule has 1 N–H and O–H groups in total. The van der Waals surface area contributed by atoms with Gasteiger partial charge in [-0.3, -0.25) is 9.36 Å². The molecule has 2 heterocycles. The van der Waals surface area contributed by atoms with E-state index in [1.165, 1.54) is 15.5 Å². The number of hydrogen-bond donors (Lipinski definition) is 1. The second-order valence-electron chi connectivity index (χ2n) is 5.07. The summed E-state index contributed by atoms with van der Waals surface area (Å²) in [6, 6.07) is 12.5. The van der Waals surface area contributed by atoms with Crippen LogP contribution in [0.5, 0.6) is 0 Å². The molecular formula is C16H13N3O3. The first kappa shape index (κ1) is 13.9. The van der Waals surface area contributed by atoms with Gasteiger partial charge in [0.1, 0.15) is 11.6 Å². The van der Waals surface area contributed by atoms with Gasteiger partial charge in [0.05, 0.1) is 6.54 Å². The first-order chi connectivity index (χ1) is 10.6. The van der Waals surface area contributed by atoms with Crippen LogP contribution in [0.15, 0.2) is 41.2 Å². The Labute approximate surface area is 126 Å². The van der Waals surface area contributed by atoms with Gasteiger partial charge in [0, 0.05) is 24.3 Å². The fourth-order valence-electron chi connectivity index (χ4n) is 2.73. The maximum Gasteiger partial charge on any atom is 0.407 e. The number of nitriles is 1. The van der Waals surface area contributed by atoms with E-state index in [2.05, 4.69) is 0 Å². The molecule has 6 heteroatoms. The number of rotatable bonds is 1. The zero-order valence-corrected chi connectivity index (χ0v) is 11.7. The highest BCUT2D eigenvalue weighted by molar-refractivity contribution is 5.65. The van der Waals surface area contributed by atoms with Gasteiger partial charge in [-0.05, 0) is 23.8 Å². The molecule has 1 aromatic heterocycles.